The second kappa shape index (κ2) is 1.97. The highest BCUT2D eigenvalue weighted by molar-refractivity contribution is 5.24. The average molecular weight is 180 g/mol. The van der Waals surface area contributed by atoms with Gasteiger partial charge in [-0.1, -0.05) is 6.92 Å². The van der Waals surface area contributed by atoms with Gasteiger partial charge in [0, 0.05) is 38.1 Å². The van der Waals surface area contributed by atoms with E-state index >= 15 is 0 Å². The number of imidazole rings is 1. The van der Waals surface area contributed by atoms with Gasteiger partial charge in [-0.15, -0.1) is 0 Å². The van der Waals surface area contributed by atoms with Crippen molar-refractivity contribution in [2.75, 3.05) is 0 Å². The molecule has 0 spiro atoms. The molecular formula is C10H13FN2. The number of aryl methyl sites for hydroxylation is 1. The van der Waals surface area contributed by atoms with Crippen LogP contribution in [0.2, 0.25) is 0 Å². The first kappa shape index (κ1) is 7.54. The summed E-state index contributed by atoms with van der Waals surface area (Å²) in [7, 11) is 0. The highest BCUT2D eigenvalue weighted by Crippen LogP contribution is 2.67. The van der Waals surface area contributed by atoms with Gasteiger partial charge in [0.25, 0.3) is 0 Å². The zero-order chi connectivity index (χ0) is 9.10. The van der Waals surface area contributed by atoms with Gasteiger partial charge in [-0.25, -0.2) is 9.37 Å². The van der Waals surface area contributed by atoms with Crippen molar-refractivity contribution >= 4 is 0 Å². The fraction of sp³-hybridized carbons (Fsp3) is 0.700. The standard InChI is InChI=1S/C10H13FN2/c1-2-8-12-3-4-13(8)10-5-9(11,6-10)7-10/h3-4H,2,5-7H2,1H3. The van der Waals surface area contributed by atoms with Crippen LogP contribution in [0, 0.1) is 0 Å². The van der Waals surface area contributed by atoms with Crippen LogP contribution in [0.15, 0.2) is 12.4 Å². The quantitative estimate of drug-likeness (QED) is 0.681. The Bertz CT molecular complexity index is 336. The Morgan fingerprint density at radius 2 is 2.23 bits per heavy atom. The number of halogens is 1. The van der Waals surface area contributed by atoms with Crippen LogP contribution >= 0.6 is 0 Å². The Morgan fingerprint density at radius 1 is 1.54 bits per heavy atom. The van der Waals surface area contributed by atoms with E-state index in [0.29, 0.717) is 19.3 Å². The summed E-state index contributed by atoms with van der Waals surface area (Å²) in [5, 5.41) is 0. The van der Waals surface area contributed by atoms with Gasteiger partial charge >= 0.3 is 0 Å². The Balaban J connectivity index is 1.94. The molecule has 0 aromatic carbocycles. The molecule has 70 valence electrons. The first-order chi connectivity index (χ1) is 6.18. The SMILES string of the molecule is CCc1nccn1C12CC(F)(C1)C2. The van der Waals surface area contributed by atoms with Gasteiger partial charge in [0.1, 0.15) is 11.5 Å². The van der Waals surface area contributed by atoms with E-state index in [-0.39, 0.29) is 5.54 Å². The molecule has 1 heterocycles. The van der Waals surface area contributed by atoms with Crippen molar-refractivity contribution < 1.29 is 4.39 Å². The zero-order valence-electron chi connectivity index (χ0n) is 7.76. The Kier molecular flexibility index (Phi) is 1.14. The van der Waals surface area contributed by atoms with Crippen molar-refractivity contribution in [2.45, 2.75) is 43.8 Å². The third-order valence-corrected chi connectivity index (χ3v) is 3.48. The topological polar surface area (TPSA) is 17.8 Å². The fourth-order valence-electron chi connectivity index (χ4n) is 2.90. The Labute approximate surface area is 76.8 Å². The molecule has 3 aliphatic carbocycles. The minimum absolute atomic E-state index is 0.122. The molecule has 0 radical (unpaired) electrons. The summed E-state index contributed by atoms with van der Waals surface area (Å²) in [6.45, 7) is 2.09. The lowest BCUT2D eigenvalue weighted by molar-refractivity contribution is -0.199. The highest BCUT2D eigenvalue weighted by Gasteiger charge is 2.70. The summed E-state index contributed by atoms with van der Waals surface area (Å²) in [5.74, 6) is 1.10. The maximum absolute atomic E-state index is 13.3. The van der Waals surface area contributed by atoms with Crippen LogP contribution in [0.5, 0.6) is 0 Å². The lowest BCUT2D eigenvalue weighted by Gasteiger charge is -2.66. The van der Waals surface area contributed by atoms with Crippen LogP contribution in [0.25, 0.3) is 0 Å². The highest BCUT2D eigenvalue weighted by atomic mass is 19.1. The van der Waals surface area contributed by atoms with Crippen molar-refractivity contribution in [2.24, 2.45) is 0 Å². The van der Waals surface area contributed by atoms with Gasteiger partial charge in [0.15, 0.2) is 0 Å². The van der Waals surface area contributed by atoms with Gasteiger partial charge in [-0.05, 0) is 0 Å². The molecule has 0 atom stereocenters. The van der Waals surface area contributed by atoms with Gasteiger partial charge in [0.2, 0.25) is 0 Å². The molecule has 0 aliphatic heterocycles. The largest absolute Gasteiger partial charge is 0.328 e. The predicted octanol–water partition coefficient (Wildman–Crippen LogP) is 2.05. The molecule has 1 aromatic heterocycles. The second-order valence-corrected chi connectivity index (χ2v) is 4.47. The van der Waals surface area contributed by atoms with Gasteiger partial charge in [-0.2, -0.15) is 0 Å². The summed E-state index contributed by atoms with van der Waals surface area (Å²) in [5.41, 5.74) is -0.689. The van der Waals surface area contributed by atoms with Gasteiger partial charge in [-0.3, -0.25) is 0 Å². The maximum atomic E-state index is 13.3. The van der Waals surface area contributed by atoms with E-state index in [4.69, 9.17) is 0 Å². The minimum Gasteiger partial charge on any atom is -0.328 e. The second-order valence-electron chi connectivity index (χ2n) is 4.47. The molecule has 3 saturated carbocycles. The first-order valence-corrected chi connectivity index (χ1v) is 4.89. The van der Waals surface area contributed by atoms with Crippen molar-refractivity contribution in [3.63, 3.8) is 0 Å². The molecule has 3 aliphatic rings. The van der Waals surface area contributed by atoms with E-state index in [0.717, 1.165) is 12.2 Å². The third-order valence-electron chi connectivity index (χ3n) is 3.48. The molecule has 1 aromatic rings. The summed E-state index contributed by atoms with van der Waals surface area (Å²) in [4.78, 5) is 4.27. The van der Waals surface area contributed by atoms with Crippen LogP contribution in [0.1, 0.15) is 32.0 Å². The molecule has 3 heteroatoms. The normalized spacial score (nSPS) is 41.1. The molecule has 0 N–H and O–H groups in total. The number of aromatic nitrogens is 2. The van der Waals surface area contributed by atoms with Gasteiger partial charge < -0.3 is 4.57 Å². The van der Waals surface area contributed by atoms with E-state index in [1.807, 2.05) is 12.4 Å². The Hall–Kier alpha value is -0.860. The molecule has 3 fully saturated rings. The third kappa shape index (κ3) is 0.754. The van der Waals surface area contributed by atoms with E-state index in [9.17, 15) is 4.39 Å². The van der Waals surface area contributed by atoms with Crippen molar-refractivity contribution in [3.05, 3.63) is 18.2 Å². The van der Waals surface area contributed by atoms with Gasteiger partial charge in [0.05, 0.1) is 5.54 Å². The molecule has 0 unspecified atom stereocenters. The van der Waals surface area contributed by atoms with E-state index < -0.39 is 5.67 Å². The summed E-state index contributed by atoms with van der Waals surface area (Å²) < 4.78 is 15.5. The fourth-order valence-corrected chi connectivity index (χ4v) is 2.90. The van der Waals surface area contributed by atoms with Crippen molar-refractivity contribution in [1.29, 1.82) is 0 Å². The number of nitrogens with zero attached hydrogens (tertiary/aromatic N) is 2. The summed E-state index contributed by atoms with van der Waals surface area (Å²) >= 11 is 0. The van der Waals surface area contributed by atoms with E-state index in [2.05, 4.69) is 16.5 Å². The number of rotatable bonds is 2. The average Bonchev–Trinajstić information content (AvgIpc) is 2.43. The number of hydrogen-bond acceptors (Lipinski definition) is 1. The van der Waals surface area contributed by atoms with Crippen LogP contribution in [-0.4, -0.2) is 15.2 Å². The number of hydrogen-bond donors (Lipinski definition) is 0. The maximum Gasteiger partial charge on any atom is 0.117 e. The van der Waals surface area contributed by atoms with Crippen LogP contribution in [0.3, 0.4) is 0 Å². The lowest BCUT2D eigenvalue weighted by atomic mass is 9.47. The summed E-state index contributed by atoms with van der Waals surface area (Å²) in [6.07, 6.45) is 6.89. The van der Waals surface area contributed by atoms with Crippen LogP contribution in [-0.2, 0) is 12.0 Å². The lowest BCUT2D eigenvalue weighted by Crippen LogP contribution is -2.70. The summed E-state index contributed by atoms with van der Waals surface area (Å²) in [6, 6.07) is 0. The van der Waals surface area contributed by atoms with E-state index in [1.54, 1.807) is 0 Å². The van der Waals surface area contributed by atoms with Crippen molar-refractivity contribution in [1.82, 2.24) is 9.55 Å². The smallest absolute Gasteiger partial charge is 0.117 e. The molecule has 2 bridgehead atoms. The van der Waals surface area contributed by atoms with Crippen LogP contribution in [0.4, 0.5) is 4.39 Å². The van der Waals surface area contributed by atoms with E-state index in [1.165, 1.54) is 0 Å². The minimum atomic E-state index is -0.810. The Morgan fingerprint density at radius 3 is 2.77 bits per heavy atom. The predicted molar refractivity (Wildman–Crippen MR) is 47.3 cm³/mol. The molecule has 2 nitrogen and oxygen atoms in total. The van der Waals surface area contributed by atoms with Crippen molar-refractivity contribution in [3.8, 4) is 0 Å². The first-order valence-electron chi connectivity index (χ1n) is 4.89. The van der Waals surface area contributed by atoms with Crippen LogP contribution < -0.4 is 0 Å². The molecular weight excluding hydrogens is 167 g/mol. The molecule has 4 rings (SSSR count). The monoisotopic (exact) mass is 180 g/mol. The molecule has 0 amide bonds. The zero-order valence-corrected chi connectivity index (χ0v) is 7.76. The number of alkyl halides is 1. The molecule has 13 heavy (non-hydrogen) atoms. The molecule has 0 saturated heterocycles.